The SMILES string of the molecule is Cc1cc(COC(=O)Cc2ccc(N3CCCC3=O)cc2)no1. The number of carbonyl (C=O) groups excluding carboxylic acids is 2. The molecule has 0 unspecified atom stereocenters. The average molecular weight is 314 g/mol. The molecule has 6 nitrogen and oxygen atoms in total. The smallest absolute Gasteiger partial charge is 0.310 e. The second kappa shape index (κ2) is 6.64. The Balaban J connectivity index is 1.53. The first kappa shape index (κ1) is 15.3. The molecule has 0 atom stereocenters. The van der Waals surface area contributed by atoms with Crippen LogP contribution in [-0.2, 0) is 27.4 Å². The molecular formula is C17H18N2O4. The quantitative estimate of drug-likeness (QED) is 0.792. The molecule has 1 aromatic heterocycles. The molecule has 0 spiro atoms. The molecule has 1 amide bonds. The highest BCUT2D eigenvalue weighted by molar-refractivity contribution is 5.95. The summed E-state index contributed by atoms with van der Waals surface area (Å²) in [6.45, 7) is 2.65. The summed E-state index contributed by atoms with van der Waals surface area (Å²) in [5.41, 5.74) is 2.32. The van der Waals surface area contributed by atoms with Gasteiger partial charge in [-0.1, -0.05) is 17.3 Å². The number of amides is 1. The van der Waals surface area contributed by atoms with Crippen molar-refractivity contribution in [2.24, 2.45) is 0 Å². The number of hydrogen-bond donors (Lipinski definition) is 0. The lowest BCUT2D eigenvalue weighted by Crippen LogP contribution is -2.23. The summed E-state index contributed by atoms with van der Waals surface area (Å²) < 4.78 is 10.1. The predicted octanol–water partition coefficient (Wildman–Crippen LogP) is 2.40. The maximum Gasteiger partial charge on any atom is 0.310 e. The number of aromatic nitrogens is 1. The van der Waals surface area contributed by atoms with Crippen molar-refractivity contribution in [2.75, 3.05) is 11.4 Å². The molecule has 120 valence electrons. The fraction of sp³-hybridized carbons (Fsp3) is 0.353. The van der Waals surface area contributed by atoms with E-state index < -0.39 is 0 Å². The summed E-state index contributed by atoms with van der Waals surface area (Å²) in [5.74, 6) is 0.513. The fourth-order valence-corrected chi connectivity index (χ4v) is 2.57. The van der Waals surface area contributed by atoms with Crippen molar-refractivity contribution >= 4 is 17.6 Å². The minimum absolute atomic E-state index is 0.108. The van der Waals surface area contributed by atoms with E-state index in [1.54, 1.807) is 17.9 Å². The third-order valence-electron chi connectivity index (χ3n) is 3.73. The van der Waals surface area contributed by atoms with E-state index in [1.165, 1.54) is 0 Å². The minimum atomic E-state index is -0.323. The zero-order valence-electron chi connectivity index (χ0n) is 12.9. The standard InChI is InChI=1S/C17H18N2O4/c1-12-9-14(18-23-12)11-22-17(21)10-13-4-6-15(7-5-13)19-8-2-3-16(19)20/h4-7,9H,2-3,8,10-11H2,1H3. The first-order chi connectivity index (χ1) is 11.1. The van der Waals surface area contributed by atoms with Gasteiger partial charge in [-0.15, -0.1) is 0 Å². The molecule has 1 fully saturated rings. The molecule has 0 bridgehead atoms. The van der Waals surface area contributed by atoms with E-state index in [1.807, 2.05) is 24.3 Å². The summed E-state index contributed by atoms with van der Waals surface area (Å²) in [4.78, 5) is 25.3. The van der Waals surface area contributed by atoms with E-state index in [0.717, 1.165) is 24.2 Å². The molecule has 1 aliphatic rings. The van der Waals surface area contributed by atoms with Crippen LogP contribution in [0.25, 0.3) is 0 Å². The van der Waals surface area contributed by atoms with Gasteiger partial charge in [0, 0.05) is 24.7 Å². The number of ether oxygens (including phenoxy) is 1. The van der Waals surface area contributed by atoms with Crippen LogP contribution in [0.5, 0.6) is 0 Å². The molecule has 0 N–H and O–H groups in total. The highest BCUT2D eigenvalue weighted by Crippen LogP contribution is 2.21. The number of benzene rings is 1. The molecule has 2 aromatic rings. The molecule has 0 radical (unpaired) electrons. The topological polar surface area (TPSA) is 72.6 Å². The predicted molar refractivity (Wildman–Crippen MR) is 82.8 cm³/mol. The van der Waals surface area contributed by atoms with Crippen molar-refractivity contribution in [1.82, 2.24) is 5.16 Å². The minimum Gasteiger partial charge on any atom is -0.459 e. The van der Waals surface area contributed by atoms with Crippen molar-refractivity contribution < 1.29 is 18.8 Å². The molecule has 3 rings (SSSR count). The van der Waals surface area contributed by atoms with E-state index >= 15 is 0 Å². The number of rotatable bonds is 5. The fourth-order valence-electron chi connectivity index (χ4n) is 2.57. The lowest BCUT2D eigenvalue weighted by atomic mass is 10.1. The number of carbonyl (C=O) groups is 2. The Kier molecular flexibility index (Phi) is 4.41. The van der Waals surface area contributed by atoms with Crippen LogP contribution < -0.4 is 4.90 Å². The van der Waals surface area contributed by atoms with Gasteiger partial charge in [0.15, 0.2) is 0 Å². The van der Waals surface area contributed by atoms with E-state index in [-0.39, 0.29) is 24.9 Å². The number of anilines is 1. The maximum absolute atomic E-state index is 11.8. The Morgan fingerprint density at radius 3 is 2.74 bits per heavy atom. The largest absolute Gasteiger partial charge is 0.459 e. The summed E-state index contributed by atoms with van der Waals surface area (Å²) >= 11 is 0. The summed E-state index contributed by atoms with van der Waals surface area (Å²) in [6.07, 6.45) is 1.69. The molecule has 1 aliphatic heterocycles. The number of hydrogen-bond acceptors (Lipinski definition) is 5. The molecule has 0 aliphatic carbocycles. The molecule has 1 aromatic carbocycles. The number of nitrogens with zero attached hydrogens (tertiary/aromatic N) is 2. The third-order valence-corrected chi connectivity index (χ3v) is 3.73. The van der Waals surface area contributed by atoms with Crippen LogP contribution in [0.15, 0.2) is 34.9 Å². The van der Waals surface area contributed by atoms with Gasteiger partial charge >= 0.3 is 5.97 Å². The molecule has 2 heterocycles. The number of aryl methyl sites for hydroxylation is 1. The highest BCUT2D eigenvalue weighted by atomic mass is 16.5. The van der Waals surface area contributed by atoms with Crippen LogP contribution in [0.1, 0.15) is 29.9 Å². The van der Waals surface area contributed by atoms with Gasteiger partial charge in [-0.3, -0.25) is 9.59 Å². The lowest BCUT2D eigenvalue weighted by molar-refractivity contribution is -0.144. The van der Waals surface area contributed by atoms with Gasteiger partial charge in [0.1, 0.15) is 18.1 Å². The van der Waals surface area contributed by atoms with Crippen molar-refractivity contribution in [1.29, 1.82) is 0 Å². The molecular weight excluding hydrogens is 296 g/mol. The lowest BCUT2D eigenvalue weighted by Gasteiger charge is -2.15. The van der Waals surface area contributed by atoms with Gasteiger partial charge in [0.2, 0.25) is 5.91 Å². The highest BCUT2D eigenvalue weighted by Gasteiger charge is 2.21. The van der Waals surface area contributed by atoms with Crippen LogP contribution in [0.4, 0.5) is 5.69 Å². The van der Waals surface area contributed by atoms with Crippen LogP contribution in [-0.4, -0.2) is 23.6 Å². The molecule has 23 heavy (non-hydrogen) atoms. The van der Waals surface area contributed by atoms with Gasteiger partial charge < -0.3 is 14.2 Å². The van der Waals surface area contributed by atoms with Crippen LogP contribution in [0.3, 0.4) is 0 Å². The van der Waals surface area contributed by atoms with Gasteiger partial charge in [-0.2, -0.15) is 0 Å². The first-order valence-corrected chi connectivity index (χ1v) is 7.59. The van der Waals surface area contributed by atoms with Crippen molar-refractivity contribution in [3.05, 3.63) is 47.3 Å². The van der Waals surface area contributed by atoms with Gasteiger partial charge in [0.25, 0.3) is 0 Å². The Bertz CT molecular complexity index is 706. The summed E-state index contributed by atoms with van der Waals surface area (Å²) in [6, 6.07) is 9.17. The average Bonchev–Trinajstić information content (AvgIpc) is 3.14. The second-order valence-corrected chi connectivity index (χ2v) is 5.58. The Hall–Kier alpha value is -2.63. The van der Waals surface area contributed by atoms with Gasteiger partial charge in [-0.25, -0.2) is 0 Å². The molecule has 0 saturated carbocycles. The van der Waals surface area contributed by atoms with E-state index in [9.17, 15) is 9.59 Å². The van der Waals surface area contributed by atoms with Gasteiger partial charge in [-0.05, 0) is 31.0 Å². The monoisotopic (exact) mass is 314 g/mol. The Labute approximate surface area is 134 Å². The van der Waals surface area contributed by atoms with E-state index in [2.05, 4.69) is 5.16 Å². The number of esters is 1. The third kappa shape index (κ3) is 3.77. The second-order valence-electron chi connectivity index (χ2n) is 5.58. The van der Waals surface area contributed by atoms with Crippen molar-refractivity contribution in [3.8, 4) is 0 Å². The van der Waals surface area contributed by atoms with Crippen molar-refractivity contribution in [3.63, 3.8) is 0 Å². The molecule has 1 saturated heterocycles. The summed E-state index contributed by atoms with van der Waals surface area (Å²) in [7, 11) is 0. The maximum atomic E-state index is 11.8. The van der Waals surface area contributed by atoms with E-state index in [4.69, 9.17) is 9.26 Å². The van der Waals surface area contributed by atoms with Gasteiger partial charge in [0.05, 0.1) is 6.42 Å². The van der Waals surface area contributed by atoms with Crippen LogP contribution in [0, 0.1) is 6.92 Å². The zero-order chi connectivity index (χ0) is 16.2. The first-order valence-electron chi connectivity index (χ1n) is 7.59. The summed E-state index contributed by atoms with van der Waals surface area (Å²) in [5, 5.41) is 3.77. The normalized spacial score (nSPS) is 14.3. The zero-order valence-corrected chi connectivity index (χ0v) is 12.9. The molecule has 6 heteroatoms. The Morgan fingerprint density at radius 1 is 1.35 bits per heavy atom. The van der Waals surface area contributed by atoms with Crippen LogP contribution in [0.2, 0.25) is 0 Å². The van der Waals surface area contributed by atoms with Crippen LogP contribution >= 0.6 is 0 Å². The van der Waals surface area contributed by atoms with E-state index in [0.29, 0.717) is 17.9 Å². The van der Waals surface area contributed by atoms with Crippen molar-refractivity contribution in [2.45, 2.75) is 32.8 Å². The Morgan fingerprint density at radius 2 is 2.13 bits per heavy atom.